The SMILES string of the molecule is CC[C@H]1O[C@@H](n2cnc3c(Cl)nc(NC(c4ccccc4)(c4ccccc4)c4ccc(OC)cc4)nc32)[C@H](OC(C)=O)[C@@H]1N=[N+]=[N-]. The molecule has 6 rings (SSSR count). The molecular formula is C33H31ClN8O4. The van der Waals surface area contributed by atoms with E-state index in [2.05, 4.69) is 25.3 Å². The number of aromatic nitrogens is 4. The minimum Gasteiger partial charge on any atom is -0.497 e. The zero-order chi connectivity index (χ0) is 32.3. The summed E-state index contributed by atoms with van der Waals surface area (Å²) in [5, 5.41) is 7.65. The Kier molecular flexibility index (Phi) is 8.76. The molecule has 2 aromatic heterocycles. The van der Waals surface area contributed by atoms with Gasteiger partial charge in [0.1, 0.15) is 22.8 Å². The van der Waals surface area contributed by atoms with Crippen LogP contribution in [0.3, 0.4) is 0 Å². The van der Waals surface area contributed by atoms with Crippen molar-refractivity contribution in [1.82, 2.24) is 19.5 Å². The molecule has 13 heteroatoms. The van der Waals surface area contributed by atoms with E-state index in [4.69, 9.17) is 30.8 Å². The van der Waals surface area contributed by atoms with Crippen LogP contribution in [0.1, 0.15) is 43.2 Å². The number of carbonyl (C=O) groups excluding carboxylic acids is 1. The highest BCUT2D eigenvalue weighted by atomic mass is 35.5. The second-order valence-electron chi connectivity index (χ2n) is 10.7. The second-order valence-corrected chi connectivity index (χ2v) is 11.1. The molecule has 1 saturated heterocycles. The van der Waals surface area contributed by atoms with Crippen LogP contribution in [0.15, 0.2) is 96.4 Å². The van der Waals surface area contributed by atoms with E-state index in [0.29, 0.717) is 23.3 Å². The molecule has 234 valence electrons. The third-order valence-electron chi connectivity index (χ3n) is 8.09. The first kappa shape index (κ1) is 30.8. The molecule has 1 fully saturated rings. The maximum absolute atomic E-state index is 12.1. The van der Waals surface area contributed by atoms with Crippen LogP contribution in [-0.4, -0.2) is 50.8 Å². The minimum atomic E-state index is -0.972. The molecule has 1 N–H and O–H groups in total. The van der Waals surface area contributed by atoms with Crippen LogP contribution in [0, 0.1) is 0 Å². The van der Waals surface area contributed by atoms with Gasteiger partial charge >= 0.3 is 5.97 Å². The number of hydrogen-bond donors (Lipinski definition) is 1. The van der Waals surface area contributed by atoms with Crippen molar-refractivity contribution in [2.75, 3.05) is 12.4 Å². The van der Waals surface area contributed by atoms with E-state index in [1.165, 1.54) is 13.3 Å². The van der Waals surface area contributed by atoms with Gasteiger partial charge in [-0.1, -0.05) is 96.4 Å². The number of ether oxygens (including phenoxy) is 3. The number of anilines is 1. The van der Waals surface area contributed by atoms with E-state index in [-0.39, 0.29) is 11.1 Å². The number of nitrogens with zero attached hydrogens (tertiary/aromatic N) is 7. The maximum Gasteiger partial charge on any atom is 0.303 e. The van der Waals surface area contributed by atoms with Gasteiger partial charge in [-0.15, -0.1) is 0 Å². The van der Waals surface area contributed by atoms with Gasteiger partial charge in [0.25, 0.3) is 0 Å². The Morgan fingerprint density at radius 3 is 2.24 bits per heavy atom. The van der Waals surface area contributed by atoms with Crippen LogP contribution in [-0.2, 0) is 19.8 Å². The smallest absolute Gasteiger partial charge is 0.303 e. The normalized spacial score (nSPS) is 19.4. The van der Waals surface area contributed by atoms with Crippen molar-refractivity contribution in [2.45, 2.75) is 50.3 Å². The molecule has 0 radical (unpaired) electrons. The summed E-state index contributed by atoms with van der Waals surface area (Å²) in [6.07, 6.45) is -0.287. The number of nitrogens with one attached hydrogen (secondary N) is 1. The fourth-order valence-corrected chi connectivity index (χ4v) is 6.24. The molecule has 0 amide bonds. The zero-order valence-corrected chi connectivity index (χ0v) is 26.1. The van der Waals surface area contributed by atoms with Gasteiger partial charge in [-0.05, 0) is 40.8 Å². The Hall–Kier alpha value is -5.16. The highest BCUT2D eigenvalue weighted by Crippen LogP contribution is 2.41. The molecule has 0 saturated carbocycles. The topological polar surface area (TPSA) is 149 Å². The summed E-state index contributed by atoms with van der Waals surface area (Å²) in [5.74, 6) is 0.387. The van der Waals surface area contributed by atoms with Crippen molar-refractivity contribution in [1.29, 1.82) is 0 Å². The summed E-state index contributed by atoms with van der Waals surface area (Å²) in [5.41, 5.74) is 11.7. The van der Waals surface area contributed by atoms with Crippen LogP contribution in [0.5, 0.6) is 5.75 Å². The molecule has 3 aromatic carbocycles. The van der Waals surface area contributed by atoms with E-state index in [1.807, 2.05) is 91.9 Å². The van der Waals surface area contributed by atoms with Crippen molar-refractivity contribution < 1.29 is 19.0 Å². The highest BCUT2D eigenvalue weighted by Gasteiger charge is 2.47. The van der Waals surface area contributed by atoms with Gasteiger partial charge in [0.2, 0.25) is 5.95 Å². The molecule has 0 aliphatic carbocycles. The van der Waals surface area contributed by atoms with Crippen LogP contribution in [0.25, 0.3) is 21.6 Å². The average Bonchev–Trinajstić information content (AvgIpc) is 3.65. The monoisotopic (exact) mass is 638 g/mol. The first-order valence-corrected chi connectivity index (χ1v) is 15.1. The summed E-state index contributed by atoms with van der Waals surface area (Å²) in [6.45, 7) is 3.19. The number of hydrogen-bond acceptors (Lipinski definition) is 9. The maximum atomic E-state index is 12.1. The zero-order valence-electron chi connectivity index (χ0n) is 25.3. The average molecular weight is 639 g/mol. The Morgan fingerprint density at radius 2 is 1.67 bits per heavy atom. The number of carbonyl (C=O) groups is 1. The standard InChI is InChI=1S/C33H31ClN8O4/c1-4-25-26(40-41-35)28(45-20(2)43)31(46-25)42-19-36-27-29(34)37-32(38-30(27)42)39-33(21-11-7-5-8-12-21,22-13-9-6-10-14-22)23-15-17-24(44-3)18-16-23/h5-19,25-26,28,31H,4H2,1-3H3,(H,37,38,39)/t25-,26-,28-,31-/m1/s1. The molecule has 1 aliphatic heterocycles. The van der Waals surface area contributed by atoms with Gasteiger partial charge in [-0.3, -0.25) is 9.36 Å². The first-order chi connectivity index (χ1) is 22.4. The van der Waals surface area contributed by atoms with E-state index in [9.17, 15) is 10.3 Å². The van der Waals surface area contributed by atoms with Crippen molar-refractivity contribution in [3.8, 4) is 5.75 Å². The third-order valence-corrected chi connectivity index (χ3v) is 8.35. The Morgan fingerprint density at radius 1 is 1.04 bits per heavy atom. The minimum absolute atomic E-state index is 0.108. The summed E-state index contributed by atoms with van der Waals surface area (Å²) >= 11 is 6.77. The quantitative estimate of drug-likeness (QED) is 0.0438. The summed E-state index contributed by atoms with van der Waals surface area (Å²) in [7, 11) is 1.63. The van der Waals surface area contributed by atoms with Crippen molar-refractivity contribution in [3.63, 3.8) is 0 Å². The number of esters is 1. The highest BCUT2D eigenvalue weighted by molar-refractivity contribution is 6.33. The summed E-state index contributed by atoms with van der Waals surface area (Å²) < 4.78 is 19.0. The number of fused-ring (bicyclic) bond motifs is 1. The number of imidazole rings is 1. The molecule has 5 aromatic rings. The molecule has 4 atom stereocenters. The lowest BCUT2D eigenvalue weighted by molar-refractivity contribution is -0.152. The Labute approximate surface area is 269 Å². The molecule has 0 unspecified atom stereocenters. The number of halogens is 1. The summed E-state index contributed by atoms with van der Waals surface area (Å²) in [4.78, 5) is 29.1. The molecule has 46 heavy (non-hydrogen) atoms. The largest absolute Gasteiger partial charge is 0.497 e. The number of azide groups is 1. The van der Waals surface area contributed by atoms with Crippen molar-refractivity contribution >= 4 is 34.7 Å². The Bertz CT molecular complexity index is 1840. The number of methoxy groups -OCH3 is 1. The van der Waals surface area contributed by atoms with Crippen LogP contribution in [0.2, 0.25) is 5.15 Å². The van der Waals surface area contributed by atoms with Gasteiger partial charge in [-0.2, -0.15) is 9.97 Å². The van der Waals surface area contributed by atoms with Crippen LogP contribution >= 0.6 is 11.6 Å². The molecule has 1 aliphatic rings. The van der Waals surface area contributed by atoms with E-state index in [1.54, 1.807) is 11.7 Å². The predicted molar refractivity (Wildman–Crippen MR) is 172 cm³/mol. The molecular weight excluding hydrogens is 608 g/mol. The van der Waals surface area contributed by atoms with E-state index >= 15 is 0 Å². The number of rotatable bonds is 10. The van der Waals surface area contributed by atoms with Crippen molar-refractivity contribution in [2.24, 2.45) is 5.11 Å². The lowest BCUT2D eigenvalue weighted by Gasteiger charge is -2.37. The molecule has 0 spiro atoms. The number of benzene rings is 3. The van der Waals surface area contributed by atoms with Gasteiger partial charge in [0.15, 0.2) is 23.1 Å². The fourth-order valence-electron chi connectivity index (χ4n) is 6.02. The lowest BCUT2D eigenvalue weighted by Crippen LogP contribution is -2.39. The third kappa shape index (κ3) is 5.58. The van der Waals surface area contributed by atoms with Crippen LogP contribution < -0.4 is 10.1 Å². The lowest BCUT2D eigenvalue weighted by atomic mass is 9.77. The van der Waals surface area contributed by atoms with Gasteiger partial charge < -0.3 is 19.5 Å². The second kappa shape index (κ2) is 13.1. The Balaban J connectivity index is 1.53. The molecule has 3 heterocycles. The first-order valence-electron chi connectivity index (χ1n) is 14.7. The van der Waals surface area contributed by atoms with Gasteiger partial charge in [-0.25, -0.2) is 4.98 Å². The molecule has 0 bridgehead atoms. The van der Waals surface area contributed by atoms with E-state index < -0.39 is 36.0 Å². The predicted octanol–water partition coefficient (Wildman–Crippen LogP) is 6.81. The van der Waals surface area contributed by atoms with Crippen molar-refractivity contribution in [3.05, 3.63) is 124 Å². The summed E-state index contributed by atoms with van der Waals surface area (Å²) in [6, 6.07) is 27.0. The van der Waals surface area contributed by atoms with Crippen LogP contribution in [0.4, 0.5) is 5.95 Å². The fraction of sp³-hybridized carbons (Fsp3) is 0.273. The molecule has 12 nitrogen and oxygen atoms in total. The van der Waals surface area contributed by atoms with Gasteiger partial charge in [0, 0.05) is 11.8 Å². The van der Waals surface area contributed by atoms with E-state index in [0.717, 1.165) is 16.7 Å². The van der Waals surface area contributed by atoms with Gasteiger partial charge in [0.05, 0.1) is 19.5 Å².